The zero-order valence-corrected chi connectivity index (χ0v) is 21.3. The number of H-pyrrole nitrogens is 1. The molecule has 3 aromatic rings. The lowest BCUT2D eigenvalue weighted by Crippen LogP contribution is -2.43. The van der Waals surface area contributed by atoms with Gasteiger partial charge < -0.3 is 16.0 Å². The van der Waals surface area contributed by atoms with E-state index in [9.17, 15) is 14.4 Å². The van der Waals surface area contributed by atoms with Gasteiger partial charge in [-0.3, -0.25) is 19.1 Å². The van der Waals surface area contributed by atoms with E-state index < -0.39 is 11.2 Å². The van der Waals surface area contributed by atoms with E-state index in [0.717, 1.165) is 24.2 Å². The van der Waals surface area contributed by atoms with Gasteiger partial charge in [0.25, 0.3) is 5.56 Å². The predicted octanol–water partition coefficient (Wildman–Crippen LogP) is 2.94. The van der Waals surface area contributed by atoms with Crippen molar-refractivity contribution in [2.24, 2.45) is 11.8 Å². The summed E-state index contributed by atoms with van der Waals surface area (Å²) in [5, 5.41) is 7.71. The Morgan fingerprint density at radius 3 is 2.47 bits per heavy atom. The van der Waals surface area contributed by atoms with Crippen LogP contribution in [-0.4, -0.2) is 38.3 Å². The second-order valence-electron chi connectivity index (χ2n) is 10.3. The molecule has 0 aliphatic heterocycles. The van der Waals surface area contributed by atoms with E-state index in [1.165, 1.54) is 4.57 Å². The van der Waals surface area contributed by atoms with Crippen molar-refractivity contribution >= 4 is 23.2 Å². The van der Waals surface area contributed by atoms with Gasteiger partial charge in [-0.1, -0.05) is 45.9 Å². The molecule has 10 heteroatoms. The van der Waals surface area contributed by atoms with Crippen molar-refractivity contribution in [1.82, 2.24) is 19.3 Å². The standard InChI is InChI=1S/C26H35N7O3/c1-16(2)13-31(23-24(27)32(14-17(3)4)26(36)29-25(23)35)15-22(34)28-21-12-20(18-10-11-18)30-33(21)19-8-6-5-7-9-19/h5-9,12,16-18H,10-11,13-15,27H2,1-4H3,(H,28,34)(H,29,35,36). The molecule has 0 atom stereocenters. The molecule has 1 saturated carbocycles. The zero-order chi connectivity index (χ0) is 26.0. The molecular formula is C26H35N7O3. The van der Waals surface area contributed by atoms with Crippen LogP contribution in [-0.2, 0) is 11.3 Å². The number of nitrogen functional groups attached to an aromatic ring is 1. The molecule has 1 fully saturated rings. The zero-order valence-electron chi connectivity index (χ0n) is 21.3. The maximum atomic E-state index is 13.3. The normalized spacial score (nSPS) is 13.4. The SMILES string of the molecule is CC(C)CN(CC(=O)Nc1cc(C2CC2)nn1-c1ccccc1)c1c(N)n(CC(C)C)c(=O)[nH]c1=O. The maximum Gasteiger partial charge on any atom is 0.330 e. The first kappa shape index (κ1) is 25.3. The van der Waals surface area contributed by atoms with Crippen LogP contribution in [0.25, 0.3) is 5.69 Å². The van der Waals surface area contributed by atoms with Gasteiger partial charge in [-0.05, 0) is 36.8 Å². The van der Waals surface area contributed by atoms with Crippen molar-refractivity contribution in [3.8, 4) is 5.69 Å². The number of carbonyl (C=O) groups excluding carboxylic acids is 1. The Bertz CT molecular complexity index is 1330. The minimum Gasteiger partial charge on any atom is -0.383 e. The van der Waals surface area contributed by atoms with Crippen LogP contribution in [0.15, 0.2) is 46.0 Å². The van der Waals surface area contributed by atoms with Crippen molar-refractivity contribution in [2.45, 2.75) is 53.0 Å². The summed E-state index contributed by atoms with van der Waals surface area (Å²) >= 11 is 0. The first-order valence-corrected chi connectivity index (χ1v) is 12.5. The van der Waals surface area contributed by atoms with Crippen LogP contribution in [0, 0.1) is 11.8 Å². The lowest BCUT2D eigenvalue weighted by atomic mass is 10.2. The Morgan fingerprint density at radius 2 is 1.86 bits per heavy atom. The monoisotopic (exact) mass is 493 g/mol. The number of aromatic amines is 1. The van der Waals surface area contributed by atoms with E-state index in [0.29, 0.717) is 24.8 Å². The molecule has 0 bridgehead atoms. The van der Waals surface area contributed by atoms with Crippen LogP contribution < -0.4 is 27.2 Å². The van der Waals surface area contributed by atoms with E-state index in [4.69, 9.17) is 10.8 Å². The van der Waals surface area contributed by atoms with Crippen molar-refractivity contribution in [2.75, 3.05) is 29.0 Å². The molecule has 192 valence electrons. The molecule has 1 amide bonds. The number of hydrogen-bond acceptors (Lipinski definition) is 6. The summed E-state index contributed by atoms with van der Waals surface area (Å²) in [7, 11) is 0. The van der Waals surface area contributed by atoms with Crippen LogP contribution in [0.1, 0.15) is 52.1 Å². The average molecular weight is 494 g/mol. The molecular weight excluding hydrogens is 458 g/mol. The number of benzene rings is 1. The van der Waals surface area contributed by atoms with Crippen LogP contribution in [0.2, 0.25) is 0 Å². The minimum atomic E-state index is -0.601. The summed E-state index contributed by atoms with van der Waals surface area (Å²) in [6.07, 6.45) is 2.19. The fraction of sp³-hybridized carbons (Fsp3) is 0.462. The molecule has 2 heterocycles. The van der Waals surface area contributed by atoms with Gasteiger partial charge in [0.1, 0.15) is 17.3 Å². The maximum absolute atomic E-state index is 13.3. The molecule has 0 radical (unpaired) electrons. The second kappa shape index (κ2) is 10.4. The highest BCUT2D eigenvalue weighted by atomic mass is 16.2. The number of anilines is 3. The fourth-order valence-electron chi connectivity index (χ4n) is 4.29. The van der Waals surface area contributed by atoms with E-state index >= 15 is 0 Å². The van der Waals surface area contributed by atoms with Gasteiger partial charge >= 0.3 is 5.69 Å². The number of hydrogen-bond donors (Lipinski definition) is 3. The number of nitrogens with one attached hydrogen (secondary N) is 2. The Kier molecular flexibility index (Phi) is 7.32. The van der Waals surface area contributed by atoms with Gasteiger partial charge in [-0.2, -0.15) is 5.10 Å². The summed E-state index contributed by atoms with van der Waals surface area (Å²) < 4.78 is 3.10. The van der Waals surface area contributed by atoms with Gasteiger partial charge in [0.15, 0.2) is 0 Å². The molecule has 10 nitrogen and oxygen atoms in total. The highest BCUT2D eigenvalue weighted by molar-refractivity contribution is 5.94. The average Bonchev–Trinajstić information content (AvgIpc) is 3.57. The van der Waals surface area contributed by atoms with Gasteiger partial charge in [0, 0.05) is 25.1 Å². The number of amides is 1. The Hall–Kier alpha value is -3.82. The molecule has 0 saturated heterocycles. The lowest BCUT2D eigenvalue weighted by molar-refractivity contribution is -0.115. The molecule has 1 aliphatic rings. The Morgan fingerprint density at radius 1 is 1.17 bits per heavy atom. The quantitative estimate of drug-likeness (QED) is 0.398. The number of nitrogens with zero attached hydrogens (tertiary/aromatic N) is 4. The molecule has 2 aromatic heterocycles. The molecule has 4 N–H and O–H groups in total. The minimum absolute atomic E-state index is 0.0660. The Labute approximate surface area is 210 Å². The summed E-state index contributed by atoms with van der Waals surface area (Å²) in [4.78, 5) is 42.6. The Balaban J connectivity index is 1.64. The number of para-hydroxylation sites is 1. The van der Waals surface area contributed by atoms with Gasteiger partial charge in [-0.25, -0.2) is 9.48 Å². The van der Waals surface area contributed by atoms with Gasteiger partial charge in [0.05, 0.1) is 17.9 Å². The number of rotatable bonds is 10. The topological polar surface area (TPSA) is 131 Å². The molecule has 4 rings (SSSR count). The highest BCUT2D eigenvalue weighted by Gasteiger charge is 2.28. The molecule has 1 aromatic carbocycles. The van der Waals surface area contributed by atoms with E-state index in [1.54, 1.807) is 9.58 Å². The fourth-order valence-corrected chi connectivity index (χ4v) is 4.29. The summed E-state index contributed by atoms with van der Waals surface area (Å²) in [5.74, 6) is 1.03. The van der Waals surface area contributed by atoms with E-state index in [1.807, 2.05) is 64.1 Å². The summed E-state index contributed by atoms with van der Waals surface area (Å²) in [6.45, 7) is 8.56. The summed E-state index contributed by atoms with van der Waals surface area (Å²) in [5.41, 5.74) is 7.12. The third kappa shape index (κ3) is 5.69. The molecule has 0 spiro atoms. The number of nitrogens with two attached hydrogens (primary N) is 1. The first-order valence-electron chi connectivity index (χ1n) is 12.5. The third-order valence-corrected chi connectivity index (χ3v) is 5.99. The van der Waals surface area contributed by atoms with Crippen LogP contribution in [0.4, 0.5) is 17.3 Å². The van der Waals surface area contributed by atoms with E-state index in [-0.39, 0.29) is 35.8 Å². The smallest absolute Gasteiger partial charge is 0.330 e. The van der Waals surface area contributed by atoms with Crippen LogP contribution in [0.5, 0.6) is 0 Å². The predicted molar refractivity (Wildman–Crippen MR) is 142 cm³/mol. The van der Waals surface area contributed by atoms with Gasteiger partial charge in [0.2, 0.25) is 5.91 Å². The lowest BCUT2D eigenvalue weighted by Gasteiger charge is -2.27. The van der Waals surface area contributed by atoms with Crippen molar-refractivity contribution in [3.63, 3.8) is 0 Å². The van der Waals surface area contributed by atoms with Crippen LogP contribution in [0.3, 0.4) is 0 Å². The van der Waals surface area contributed by atoms with Crippen molar-refractivity contribution < 1.29 is 4.79 Å². The highest BCUT2D eigenvalue weighted by Crippen LogP contribution is 2.40. The van der Waals surface area contributed by atoms with Crippen molar-refractivity contribution in [1.29, 1.82) is 0 Å². The second-order valence-corrected chi connectivity index (χ2v) is 10.3. The third-order valence-electron chi connectivity index (χ3n) is 5.99. The molecule has 36 heavy (non-hydrogen) atoms. The van der Waals surface area contributed by atoms with E-state index in [2.05, 4.69) is 10.3 Å². The number of aromatic nitrogens is 4. The van der Waals surface area contributed by atoms with Crippen molar-refractivity contribution in [3.05, 3.63) is 62.9 Å². The number of carbonyl (C=O) groups is 1. The molecule has 1 aliphatic carbocycles. The largest absolute Gasteiger partial charge is 0.383 e. The molecule has 0 unspecified atom stereocenters. The van der Waals surface area contributed by atoms with Gasteiger partial charge in [-0.15, -0.1) is 0 Å². The van der Waals surface area contributed by atoms with Crippen LogP contribution >= 0.6 is 0 Å². The first-order chi connectivity index (χ1) is 17.1. The summed E-state index contributed by atoms with van der Waals surface area (Å²) in [6, 6.07) is 11.6.